The first-order valence-electron chi connectivity index (χ1n) is 6.02. The molecule has 2 N–H and O–H groups in total. The lowest BCUT2D eigenvalue weighted by atomic mass is 10.1. The predicted octanol–water partition coefficient (Wildman–Crippen LogP) is 2.39. The predicted molar refractivity (Wildman–Crippen MR) is 69.9 cm³/mol. The molecule has 0 saturated carbocycles. The van der Waals surface area contributed by atoms with E-state index in [1.807, 2.05) is 0 Å². The van der Waals surface area contributed by atoms with E-state index in [2.05, 4.69) is 5.32 Å². The molecule has 0 fully saturated rings. The summed E-state index contributed by atoms with van der Waals surface area (Å²) in [6.07, 6.45) is 0. The second-order valence-electron chi connectivity index (χ2n) is 4.29. The molecule has 0 spiro atoms. The molecule has 0 heterocycles. The highest BCUT2D eigenvalue weighted by Gasteiger charge is 2.09. The van der Waals surface area contributed by atoms with E-state index in [4.69, 9.17) is 5.11 Å². The minimum Gasteiger partial charge on any atom is -0.392 e. The van der Waals surface area contributed by atoms with Crippen LogP contribution in [0.2, 0.25) is 0 Å². The summed E-state index contributed by atoms with van der Waals surface area (Å²) in [7, 11) is 0. The van der Waals surface area contributed by atoms with Crippen LogP contribution in [0.3, 0.4) is 0 Å². The van der Waals surface area contributed by atoms with Crippen LogP contribution < -0.4 is 5.32 Å². The Labute approximate surface area is 114 Å². The van der Waals surface area contributed by atoms with Gasteiger partial charge in [-0.05, 0) is 29.3 Å². The fourth-order valence-electron chi connectivity index (χ4n) is 1.68. The number of aliphatic hydroxyl groups is 1. The van der Waals surface area contributed by atoms with Crippen molar-refractivity contribution < 1.29 is 18.7 Å². The van der Waals surface area contributed by atoms with Gasteiger partial charge < -0.3 is 10.4 Å². The Balaban J connectivity index is 1.98. The summed E-state index contributed by atoms with van der Waals surface area (Å²) >= 11 is 0. The van der Waals surface area contributed by atoms with Crippen molar-refractivity contribution in [3.05, 3.63) is 70.8 Å². The molecule has 1 amide bonds. The maximum atomic E-state index is 13.0. The van der Waals surface area contributed by atoms with Gasteiger partial charge in [-0.15, -0.1) is 0 Å². The lowest BCUT2D eigenvalue weighted by Crippen LogP contribution is -2.23. The Morgan fingerprint density at radius 3 is 2.25 bits per heavy atom. The topological polar surface area (TPSA) is 49.3 Å². The number of carbonyl (C=O) groups is 1. The molecule has 0 aliphatic rings. The van der Waals surface area contributed by atoms with Crippen LogP contribution in [-0.2, 0) is 13.2 Å². The van der Waals surface area contributed by atoms with Gasteiger partial charge in [0.15, 0.2) is 11.6 Å². The highest BCUT2D eigenvalue weighted by Crippen LogP contribution is 2.09. The molecular weight excluding hydrogens is 264 g/mol. The standard InChI is InChI=1S/C15H13F2NO2/c16-13-6-5-12(7-14(13)17)15(20)18-8-10-1-3-11(9-19)4-2-10/h1-7,19H,8-9H2,(H,18,20). The van der Waals surface area contributed by atoms with Crippen LogP contribution in [0.25, 0.3) is 0 Å². The second kappa shape index (κ2) is 6.25. The summed E-state index contributed by atoms with van der Waals surface area (Å²) in [4.78, 5) is 11.8. The van der Waals surface area contributed by atoms with E-state index < -0.39 is 17.5 Å². The van der Waals surface area contributed by atoms with Crippen LogP contribution >= 0.6 is 0 Å². The van der Waals surface area contributed by atoms with Crippen molar-refractivity contribution in [3.63, 3.8) is 0 Å². The summed E-state index contributed by atoms with van der Waals surface area (Å²) in [5, 5.41) is 11.5. The normalized spacial score (nSPS) is 10.3. The maximum absolute atomic E-state index is 13.0. The van der Waals surface area contributed by atoms with Gasteiger partial charge in [0.2, 0.25) is 0 Å². The lowest BCUT2D eigenvalue weighted by Gasteiger charge is -2.06. The number of rotatable bonds is 4. The van der Waals surface area contributed by atoms with E-state index in [9.17, 15) is 13.6 Å². The van der Waals surface area contributed by atoms with Crippen LogP contribution in [0.1, 0.15) is 21.5 Å². The maximum Gasteiger partial charge on any atom is 0.251 e. The average Bonchev–Trinajstić information content (AvgIpc) is 2.48. The molecule has 0 saturated heterocycles. The van der Waals surface area contributed by atoms with Gasteiger partial charge >= 0.3 is 0 Å². The van der Waals surface area contributed by atoms with Crippen LogP contribution in [0, 0.1) is 11.6 Å². The number of hydrogen-bond donors (Lipinski definition) is 2. The van der Waals surface area contributed by atoms with Gasteiger partial charge in [0.05, 0.1) is 6.61 Å². The van der Waals surface area contributed by atoms with E-state index in [0.29, 0.717) is 0 Å². The van der Waals surface area contributed by atoms with Gasteiger partial charge in [-0.3, -0.25) is 4.79 Å². The summed E-state index contributed by atoms with van der Waals surface area (Å²) in [5.74, 6) is -2.51. The first-order chi connectivity index (χ1) is 9.60. The summed E-state index contributed by atoms with van der Waals surface area (Å²) in [6, 6.07) is 10.1. The van der Waals surface area contributed by atoms with Gasteiger partial charge in [0, 0.05) is 12.1 Å². The second-order valence-corrected chi connectivity index (χ2v) is 4.29. The Kier molecular flexibility index (Phi) is 4.42. The van der Waals surface area contributed by atoms with Crippen molar-refractivity contribution in [2.24, 2.45) is 0 Å². The van der Waals surface area contributed by atoms with E-state index in [1.54, 1.807) is 24.3 Å². The van der Waals surface area contributed by atoms with Crippen LogP contribution in [-0.4, -0.2) is 11.0 Å². The highest BCUT2D eigenvalue weighted by molar-refractivity contribution is 5.94. The van der Waals surface area contributed by atoms with Crippen LogP contribution in [0.5, 0.6) is 0 Å². The molecule has 0 unspecified atom stereocenters. The first-order valence-corrected chi connectivity index (χ1v) is 6.02. The summed E-state index contributed by atoms with van der Waals surface area (Å²) < 4.78 is 25.8. The van der Waals surface area contributed by atoms with Gasteiger partial charge in [0.1, 0.15) is 0 Å². The van der Waals surface area contributed by atoms with Gasteiger partial charge in [-0.2, -0.15) is 0 Å². The Hall–Kier alpha value is -2.27. The molecule has 0 aromatic heterocycles. The monoisotopic (exact) mass is 277 g/mol. The minimum absolute atomic E-state index is 0.0402. The molecule has 2 aromatic rings. The first kappa shape index (κ1) is 14.1. The SMILES string of the molecule is O=C(NCc1ccc(CO)cc1)c1ccc(F)c(F)c1. The zero-order chi connectivity index (χ0) is 14.5. The average molecular weight is 277 g/mol. The van der Waals surface area contributed by atoms with Crippen molar-refractivity contribution in [1.82, 2.24) is 5.32 Å². The Morgan fingerprint density at radius 2 is 1.65 bits per heavy atom. The summed E-state index contributed by atoms with van der Waals surface area (Å²) in [6.45, 7) is 0.227. The molecule has 3 nitrogen and oxygen atoms in total. The third kappa shape index (κ3) is 3.39. The molecular formula is C15H13F2NO2. The Morgan fingerprint density at radius 1 is 1.00 bits per heavy atom. The number of aliphatic hydroxyl groups excluding tert-OH is 1. The van der Waals surface area contributed by atoms with Gasteiger partial charge in [-0.25, -0.2) is 8.78 Å². The Bertz CT molecular complexity index is 612. The molecule has 5 heteroatoms. The fourth-order valence-corrected chi connectivity index (χ4v) is 1.68. The van der Waals surface area contributed by atoms with Crippen molar-refractivity contribution in [3.8, 4) is 0 Å². The molecule has 104 valence electrons. The smallest absolute Gasteiger partial charge is 0.251 e. The number of amides is 1. The number of halogens is 2. The molecule has 20 heavy (non-hydrogen) atoms. The largest absolute Gasteiger partial charge is 0.392 e. The zero-order valence-electron chi connectivity index (χ0n) is 10.6. The molecule has 0 bridgehead atoms. The highest BCUT2D eigenvalue weighted by atomic mass is 19.2. The van der Waals surface area contributed by atoms with Gasteiger partial charge in [-0.1, -0.05) is 24.3 Å². The van der Waals surface area contributed by atoms with Crippen molar-refractivity contribution in [2.45, 2.75) is 13.2 Å². The van der Waals surface area contributed by atoms with Crippen molar-refractivity contribution in [1.29, 1.82) is 0 Å². The number of benzene rings is 2. The molecule has 2 aromatic carbocycles. The quantitative estimate of drug-likeness (QED) is 0.901. The molecule has 0 aliphatic heterocycles. The van der Waals surface area contributed by atoms with E-state index in [1.165, 1.54) is 6.07 Å². The summed E-state index contributed by atoms with van der Waals surface area (Å²) in [5.41, 5.74) is 1.69. The van der Waals surface area contributed by atoms with Crippen LogP contribution in [0.4, 0.5) is 8.78 Å². The molecule has 2 rings (SSSR count). The number of hydrogen-bond acceptors (Lipinski definition) is 2. The van der Waals surface area contributed by atoms with Crippen molar-refractivity contribution in [2.75, 3.05) is 0 Å². The molecule has 0 aliphatic carbocycles. The molecule has 0 radical (unpaired) electrons. The third-order valence-electron chi connectivity index (χ3n) is 2.84. The third-order valence-corrected chi connectivity index (χ3v) is 2.84. The van der Waals surface area contributed by atoms with Gasteiger partial charge in [0.25, 0.3) is 5.91 Å². The number of nitrogens with one attached hydrogen (secondary N) is 1. The van der Waals surface area contributed by atoms with E-state index in [0.717, 1.165) is 23.3 Å². The fraction of sp³-hybridized carbons (Fsp3) is 0.133. The minimum atomic E-state index is -1.05. The molecule has 0 atom stereocenters. The van der Waals surface area contributed by atoms with E-state index in [-0.39, 0.29) is 18.7 Å². The van der Waals surface area contributed by atoms with E-state index >= 15 is 0 Å². The number of carbonyl (C=O) groups excluding carboxylic acids is 1. The lowest BCUT2D eigenvalue weighted by molar-refractivity contribution is 0.0950. The zero-order valence-corrected chi connectivity index (χ0v) is 10.6. The van der Waals surface area contributed by atoms with Crippen LogP contribution in [0.15, 0.2) is 42.5 Å². The van der Waals surface area contributed by atoms with Crippen molar-refractivity contribution >= 4 is 5.91 Å².